The van der Waals surface area contributed by atoms with Gasteiger partial charge in [0.05, 0.1) is 24.5 Å². The minimum Gasteiger partial charge on any atom is -0.480 e. The number of likely N-dealkylation sites (N-methyl/N-ethyl adjacent to an activating group) is 1. The van der Waals surface area contributed by atoms with Crippen molar-refractivity contribution in [3.63, 3.8) is 0 Å². The van der Waals surface area contributed by atoms with Gasteiger partial charge >= 0.3 is 5.97 Å². The lowest BCUT2D eigenvalue weighted by Crippen LogP contribution is -2.58. The van der Waals surface area contributed by atoms with Crippen molar-refractivity contribution in [1.82, 2.24) is 9.80 Å². The van der Waals surface area contributed by atoms with E-state index in [0.29, 0.717) is 65.3 Å². The molecule has 0 aromatic heterocycles. The number of carboxylic acid groups (broad SMARTS) is 1. The third-order valence-electron chi connectivity index (χ3n) is 22.7. The average molecular weight is 945 g/mol. The van der Waals surface area contributed by atoms with Gasteiger partial charge in [-0.3, -0.25) is 19.0 Å². The molecule has 4 N–H and O–H groups in total. The fourth-order valence-electron chi connectivity index (χ4n) is 19.2. The van der Waals surface area contributed by atoms with Crippen LogP contribution in [-0.4, -0.2) is 101 Å². The maximum atomic E-state index is 12.8. The van der Waals surface area contributed by atoms with E-state index in [1.54, 1.807) is 0 Å². The van der Waals surface area contributed by atoms with Crippen molar-refractivity contribution in [1.29, 1.82) is 0 Å². The second-order valence-electron chi connectivity index (χ2n) is 25.6. The summed E-state index contributed by atoms with van der Waals surface area (Å²) in [5.74, 6) is 7.06. The monoisotopic (exact) mass is 945 g/mol. The minimum absolute atomic E-state index is 0.0313. The van der Waals surface area contributed by atoms with E-state index in [-0.39, 0.29) is 42.0 Å². The Morgan fingerprint density at radius 1 is 0.682 bits per heavy atom. The highest BCUT2D eigenvalue weighted by Gasteiger charge is 2.64. The van der Waals surface area contributed by atoms with Gasteiger partial charge in [-0.2, -0.15) is 8.42 Å². The molecule has 11 heteroatoms. The third-order valence-corrected chi connectivity index (χ3v) is 23.4. The van der Waals surface area contributed by atoms with E-state index < -0.39 is 21.8 Å². The summed E-state index contributed by atoms with van der Waals surface area (Å²) < 4.78 is 31.3. The summed E-state index contributed by atoms with van der Waals surface area (Å²) in [5, 5.41) is 30.9. The molecule has 8 aliphatic carbocycles. The average Bonchev–Trinajstić information content (AvgIpc) is 3.80. The summed E-state index contributed by atoms with van der Waals surface area (Å²) >= 11 is 0. The Bertz CT molecular complexity index is 1800. The van der Waals surface area contributed by atoms with Crippen LogP contribution in [0.5, 0.6) is 0 Å². The van der Waals surface area contributed by atoms with Gasteiger partial charge in [-0.05, 0) is 222 Å². The standard InChI is InChI=1S/C28H49NO6S.C27H47NO2/c1-5-29(14-15-36(33,34)35)25(32)9-6-18(2)21-7-8-22-26-23(11-13-28(21,22)4)27(3)12-10-20(30)16-19(27)17-24(26)31;1-6-7-18(2)22-10-11-23-21-9-8-19-16-20(28(5)17-25(29)30)12-14-26(19,3)24(21)13-15-27(22,23)4/h18-24,26,30-31H,5-17H2,1-4H3,(H,33,34,35);18-24H,6-17H2,1-5H3,(H,29,30)/t18-,19?,20-,21-,22?,23?,24+,26?,27+,28-;18-,19?,20?,21?,22-,23?,24?,26+,27-/m11/s1. The summed E-state index contributed by atoms with van der Waals surface area (Å²) in [7, 11) is -2.06. The molecule has 19 atom stereocenters. The molecule has 0 spiro atoms. The van der Waals surface area contributed by atoms with E-state index in [1.165, 1.54) is 81.9 Å². The first kappa shape index (κ1) is 52.6. The molecule has 0 aromatic carbocycles. The fourth-order valence-corrected chi connectivity index (χ4v) is 19.6. The van der Waals surface area contributed by atoms with Crippen molar-refractivity contribution < 1.29 is 37.9 Å². The molecule has 0 saturated heterocycles. The first-order valence-electron chi connectivity index (χ1n) is 27.5. The van der Waals surface area contributed by atoms with Gasteiger partial charge in [0.2, 0.25) is 5.91 Å². The van der Waals surface area contributed by atoms with E-state index in [4.69, 9.17) is 4.55 Å². The minimum atomic E-state index is -4.08. The lowest BCUT2D eigenvalue weighted by molar-refractivity contribution is -0.174. The SMILES string of the molecule is CCC[C@@H](C)[C@H]1CCC2C3CCC4CC(N(C)CC(=O)O)CC[C@]4(C)C3CC[C@@]21C.CCN(CCS(=O)(=O)O)C(=O)CC[C@@H](C)[C@H]1CCC2C3C(CC[C@@]21C)[C@@]1(C)CC[C@@H](O)CC1C[C@@H]3O. The second-order valence-corrected chi connectivity index (χ2v) is 27.2. The molecule has 8 rings (SSSR count). The molecule has 0 aliphatic heterocycles. The van der Waals surface area contributed by atoms with Gasteiger partial charge in [-0.15, -0.1) is 0 Å². The van der Waals surface area contributed by atoms with E-state index in [1.807, 2.05) is 14.0 Å². The number of fused-ring (bicyclic) bond motifs is 10. The van der Waals surface area contributed by atoms with Gasteiger partial charge in [-0.25, -0.2) is 0 Å². The molecular formula is C55H96N2O8S. The van der Waals surface area contributed by atoms with Crippen molar-refractivity contribution in [3.05, 3.63) is 0 Å². The lowest BCUT2D eigenvalue weighted by atomic mass is 9.43. The van der Waals surface area contributed by atoms with E-state index in [0.717, 1.165) is 86.9 Å². The number of rotatable bonds is 14. The van der Waals surface area contributed by atoms with E-state index in [9.17, 15) is 33.3 Å². The van der Waals surface area contributed by atoms with Crippen LogP contribution in [0.4, 0.5) is 0 Å². The van der Waals surface area contributed by atoms with Crippen LogP contribution in [0.1, 0.15) is 190 Å². The predicted octanol–water partition coefficient (Wildman–Crippen LogP) is 10.6. The molecule has 380 valence electrons. The number of hydrogen-bond donors (Lipinski definition) is 4. The number of aliphatic carboxylic acids is 1. The molecule has 9 unspecified atom stereocenters. The van der Waals surface area contributed by atoms with Gasteiger partial charge < -0.3 is 20.2 Å². The molecule has 8 fully saturated rings. The third kappa shape index (κ3) is 10.1. The zero-order valence-corrected chi connectivity index (χ0v) is 43.9. The van der Waals surface area contributed by atoms with Crippen LogP contribution in [0.15, 0.2) is 0 Å². The number of carboxylic acids is 1. The molecule has 0 radical (unpaired) electrons. The summed E-state index contributed by atoms with van der Waals surface area (Å²) in [4.78, 5) is 27.6. The van der Waals surface area contributed by atoms with Gasteiger partial charge in [0.15, 0.2) is 0 Å². The van der Waals surface area contributed by atoms with Crippen molar-refractivity contribution in [2.24, 2.45) is 92.7 Å². The summed E-state index contributed by atoms with van der Waals surface area (Å²) in [6.07, 6.45) is 24.1. The Hall–Kier alpha value is -1.27. The Kier molecular flexibility index (Phi) is 16.3. The zero-order chi connectivity index (χ0) is 48.1. The molecule has 0 bridgehead atoms. The Morgan fingerprint density at radius 3 is 1.88 bits per heavy atom. The second kappa shape index (κ2) is 20.5. The smallest absolute Gasteiger partial charge is 0.317 e. The Labute approximate surface area is 401 Å². The topological polar surface area (TPSA) is 156 Å². The highest BCUT2D eigenvalue weighted by Crippen LogP contribution is 2.70. The van der Waals surface area contributed by atoms with Crippen LogP contribution in [0.25, 0.3) is 0 Å². The van der Waals surface area contributed by atoms with Crippen LogP contribution < -0.4 is 0 Å². The largest absolute Gasteiger partial charge is 0.480 e. The van der Waals surface area contributed by atoms with Gasteiger partial charge in [0.1, 0.15) is 0 Å². The number of carbonyl (C=O) groups excluding carboxylic acids is 1. The number of nitrogens with zero attached hydrogens (tertiary/aromatic N) is 2. The van der Waals surface area contributed by atoms with Crippen LogP contribution in [0.2, 0.25) is 0 Å². The fraction of sp³-hybridized carbons (Fsp3) is 0.964. The van der Waals surface area contributed by atoms with Crippen molar-refractivity contribution in [2.45, 2.75) is 208 Å². The lowest BCUT2D eigenvalue weighted by Gasteiger charge is -2.62. The maximum Gasteiger partial charge on any atom is 0.317 e. The Balaban J connectivity index is 0.000000199. The van der Waals surface area contributed by atoms with Crippen LogP contribution in [-0.2, 0) is 19.7 Å². The van der Waals surface area contributed by atoms with Gasteiger partial charge in [-0.1, -0.05) is 61.3 Å². The molecule has 66 heavy (non-hydrogen) atoms. The van der Waals surface area contributed by atoms with Crippen LogP contribution >= 0.6 is 0 Å². The van der Waals surface area contributed by atoms with E-state index >= 15 is 0 Å². The number of aliphatic hydroxyl groups is 2. The van der Waals surface area contributed by atoms with Gasteiger partial charge in [0.25, 0.3) is 10.1 Å². The van der Waals surface area contributed by atoms with Crippen LogP contribution in [0, 0.1) is 92.7 Å². The van der Waals surface area contributed by atoms with Crippen molar-refractivity contribution in [3.8, 4) is 0 Å². The summed E-state index contributed by atoms with van der Waals surface area (Å²) in [6, 6.07) is 0.468. The quantitative estimate of drug-likeness (QED) is 0.125. The summed E-state index contributed by atoms with van der Waals surface area (Å²) in [6.45, 7) is 19.9. The van der Waals surface area contributed by atoms with Crippen LogP contribution in [0.3, 0.4) is 0 Å². The number of hydrogen-bond acceptors (Lipinski definition) is 7. The molecule has 10 nitrogen and oxygen atoms in total. The number of aliphatic hydroxyl groups excluding tert-OH is 2. The molecule has 1 amide bonds. The van der Waals surface area contributed by atoms with E-state index in [2.05, 4.69) is 53.4 Å². The molecule has 0 heterocycles. The predicted molar refractivity (Wildman–Crippen MR) is 263 cm³/mol. The maximum absolute atomic E-state index is 12.8. The number of amides is 1. The highest BCUT2D eigenvalue weighted by molar-refractivity contribution is 7.85. The van der Waals surface area contributed by atoms with Gasteiger partial charge in [0, 0.05) is 25.6 Å². The highest BCUT2D eigenvalue weighted by atomic mass is 32.2. The normalized spacial score (nSPS) is 44.8. The molecule has 8 aliphatic rings. The first-order chi connectivity index (χ1) is 31.0. The molecule has 8 saturated carbocycles. The molecule has 0 aromatic rings. The number of carbonyl (C=O) groups is 2. The van der Waals surface area contributed by atoms with Crippen molar-refractivity contribution in [2.75, 3.05) is 32.4 Å². The first-order valence-corrected chi connectivity index (χ1v) is 29.1. The molecular weight excluding hydrogens is 849 g/mol. The van der Waals surface area contributed by atoms with Crippen molar-refractivity contribution >= 4 is 22.0 Å². The summed E-state index contributed by atoms with van der Waals surface area (Å²) in [5.41, 5.74) is 1.50. The zero-order valence-electron chi connectivity index (χ0n) is 43.1. The Morgan fingerprint density at radius 2 is 1.24 bits per heavy atom.